The van der Waals surface area contributed by atoms with Crippen LogP contribution in [-0.2, 0) is 4.79 Å². The van der Waals surface area contributed by atoms with Gasteiger partial charge >= 0.3 is 0 Å². The summed E-state index contributed by atoms with van der Waals surface area (Å²) >= 11 is 0. The van der Waals surface area contributed by atoms with Crippen LogP contribution in [0.4, 0.5) is 0 Å². The molecule has 20 heavy (non-hydrogen) atoms. The normalized spacial score (nSPS) is 20.9. The highest BCUT2D eigenvalue weighted by Gasteiger charge is 2.28. The number of carbonyl (C=O) groups excluding carboxylic acids is 1. The fraction of sp³-hybridized carbons (Fsp3) is 0.800. The second-order valence-corrected chi connectivity index (χ2v) is 5.73. The first kappa shape index (κ1) is 15.0. The molecule has 0 aromatic carbocycles. The lowest BCUT2D eigenvalue weighted by Crippen LogP contribution is -2.39. The van der Waals surface area contributed by atoms with Crippen LogP contribution in [0.2, 0.25) is 0 Å². The second-order valence-electron chi connectivity index (χ2n) is 5.73. The minimum Gasteiger partial charge on any atom is -0.342 e. The molecule has 0 saturated carbocycles. The summed E-state index contributed by atoms with van der Waals surface area (Å²) in [7, 11) is 0. The van der Waals surface area contributed by atoms with Gasteiger partial charge in [0.2, 0.25) is 11.8 Å². The van der Waals surface area contributed by atoms with Crippen molar-refractivity contribution in [1.82, 2.24) is 15.0 Å². The van der Waals surface area contributed by atoms with Crippen LogP contribution in [0, 0.1) is 0 Å². The van der Waals surface area contributed by atoms with E-state index < -0.39 is 0 Å². The van der Waals surface area contributed by atoms with Crippen molar-refractivity contribution in [2.75, 3.05) is 13.1 Å². The van der Waals surface area contributed by atoms with Gasteiger partial charge in [-0.3, -0.25) is 4.79 Å². The SMILES string of the molecule is CCCC(=O)N1CCC[C@H](c2nc([C@H](C)CC)no2)C1. The number of piperidine rings is 1. The molecule has 0 radical (unpaired) electrons. The minimum absolute atomic E-state index is 0.204. The lowest BCUT2D eigenvalue weighted by atomic mass is 9.97. The van der Waals surface area contributed by atoms with Crippen molar-refractivity contribution in [3.05, 3.63) is 11.7 Å². The third kappa shape index (κ3) is 3.38. The lowest BCUT2D eigenvalue weighted by molar-refractivity contribution is -0.132. The predicted octanol–water partition coefficient (Wildman–Crippen LogP) is 3.09. The Labute approximate surface area is 120 Å². The van der Waals surface area contributed by atoms with Crippen LogP contribution in [0.3, 0.4) is 0 Å². The molecule has 0 unspecified atom stereocenters. The molecule has 1 aliphatic rings. The van der Waals surface area contributed by atoms with Crippen LogP contribution >= 0.6 is 0 Å². The van der Waals surface area contributed by atoms with E-state index in [1.807, 2.05) is 11.8 Å². The summed E-state index contributed by atoms with van der Waals surface area (Å²) in [5.41, 5.74) is 0. The number of likely N-dealkylation sites (tertiary alicyclic amines) is 1. The van der Waals surface area contributed by atoms with Gasteiger partial charge in [0.1, 0.15) is 0 Å². The van der Waals surface area contributed by atoms with E-state index in [0.29, 0.717) is 18.2 Å². The molecule has 2 rings (SSSR count). The predicted molar refractivity (Wildman–Crippen MR) is 76.5 cm³/mol. The maximum atomic E-state index is 12.0. The quantitative estimate of drug-likeness (QED) is 0.831. The first-order valence-electron chi connectivity index (χ1n) is 7.76. The molecule has 0 spiro atoms. The number of rotatable bonds is 5. The Hall–Kier alpha value is -1.39. The third-order valence-corrected chi connectivity index (χ3v) is 4.10. The number of amides is 1. The maximum Gasteiger partial charge on any atom is 0.231 e. The molecule has 112 valence electrons. The first-order chi connectivity index (χ1) is 9.65. The van der Waals surface area contributed by atoms with Crippen LogP contribution in [0.25, 0.3) is 0 Å². The molecule has 0 aliphatic carbocycles. The van der Waals surface area contributed by atoms with E-state index in [9.17, 15) is 4.79 Å². The molecule has 1 aliphatic heterocycles. The van der Waals surface area contributed by atoms with Crippen LogP contribution in [-0.4, -0.2) is 34.0 Å². The fourth-order valence-electron chi connectivity index (χ4n) is 2.57. The summed E-state index contributed by atoms with van der Waals surface area (Å²) in [4.78, 5) is 18.5. The average molecular weight is 279 g/mol. The zero-order valence-electron chi connectivity index (χ0n) is 12.8. The molecule has 0 bridgehead atoms. The Morgan fingerprint density at radius 1 is 1.50 bits per heavy atom. The molecular formula is C15H25N3O2. The van der Waals surface area contributed by atoms with Gasteiger partial charge < -0.3 is 9.42 Å². The van der Waals surface area contributed by atoms with E-state index in [0.717, 1.165) is 44.6 Å². The average Bonchev–Trinajstić information content (AvgIpc) is 2.96. The van der Waals surface area contributed by atoms with Crippen LogP contribution < -0.4 is 0 Å². The molecule has 2 heterocycles. The smallest absolute Gasteiger partial charge is 0.231 e. The zero-order valence-corrected chi connectivity index (χ0v) is 12.8. The summed E-state index contributed by atoms with van der Waals surface area (Å²) in [6.07, 6.45) is 4.58. The number of carbonyl (C=O) groups is 1. The molecule has 1 aromatic heterocycles. The summed E-state index contributed by atoms with van der Waals surface area (Å²) in [5.74, 6) is 2.27. The van der Waals surface area contributed by atoms with Crippen molar-refractivity contribution in [1.29, 1.82) is 0 Å². The van der Waals surface area contributed by atoms with Crippen molar-refractivity contribution in [2.24, 2.45) is 0 Å². The molecular weight excluding hydrogens is 254 g/mol. The van der Waals surface area contributed by atoms with E-state index in [2.05, 4.69) is 24.0 Å². The number of aromatic nitrogens is 2. The Morgan fingerprint density at radius 3 is 3.00 bits per heavy atom. The van der Waals surface area contributed by atoms with Gasteiger partial charge in [-0.25, -0.2) is 0 Å². The standard InChI is InChI=1S/C15H25N3O2/c1-4-7-13(19)18-9-6-8-12(10-18)15-16-14(17-20-15)11(3)5-2/h11-12H,4-10H2,1-3H3/t11-,12+/m1/s1. The zero-order chi connectivity index (χ0) is 14.5. The molecule has 1 amide bonds. The molecule has 5 nitrogen and oxygen atoms in total. The van der Waals surface area contributed by atoms with Gasteiger partial charge in [-0.2, -0.15) is 4.98 Å². The summed E-state index contributed by atoms with van der Waals surface area (Å²) in [5, 5.41) is 4.08. The Balaban J connectivity index is 2.01. The summed E-state index contributed by atoms with van der Waals surface area (Å²) < 4.78 is 5.42. The van der Waals surface area contributed by atoms with Crippen molar-refractivity contribution in [3.8, 4) is 0 Å². The lowest BCUT2D eigenvalue weighted by Gasteiger charge is -2.31. The van der Waals surface area contributed by atoms with Crippen LogP contribution in [0.15, 0.2) is 4.52 Å². The number of nitrogens with zero attached hydrogens (tertiary/aromatic N) is 3. The van der Waals surface area contributed by atoms with Gasteiger partial charge in [0, 0.05) is 25.4 Å². The highest BCUT2D eigenvalue weighted by molar-refractivity contribution is 5.76. The van der Waals surface area contributed by atoms with Crippen molar-refractivity contribution in [3.63, 3.8) is 0 Å². The van der Waals surface area contributed by atoms with Gasteiger partial charge in [0.15, 0.2) is 5.82 Å². The summed E-state index contributed by atoms with van der Waals surface area (Å²) in [6.45, 7) is 7.84. The highest BCUT2D eigenvalue weighted by Crippen LogP contribution is 2.27. The van der Waals surface area contributed by atoms with Crippen molar-refractivity contribution >= 4 is 5.91 Å². The van der Waals surface area contributed by atoms with Crippen molar-refractivity contribution < 1.29 is 9.32 Å². The molecule has 5 heteroatoms. The van der Waals surface area contributed by atoms with E-state index in [-0.39, 0.29) is 11.8 Å². The molecule has 1 saturated heterocycles. The van der Waals surface area contributed by atoms with E-state index in [1.54, 1.807) is 0 Å². The third-order valence-electron chi connectivity index (χ3n) is 4.10. The highest BCUT2D eigenvalue weighted by atomic mass is 16.5. The number of hydrogen-bond acceptors (Lipinski definition) is 4. The minimum atomic E-state index is 0.204. The topological polar surface area (TPSA) is 59.2 Å². The van der Waals surface area contributed by atoms with Gasteiger partial charge in [-0.1, -0.05) is 25.9 Å². The molecule has 1 aromatic rings. The second kappa shape index (κ2) is 6.86. The fourth-order valence-corrected chi connectivity index (χ4v) is 2.57. The maximum absolute atomic E-state index is 12.0. The van der Waals surface area contributed by atoms with Crippen LogP contribution in [0.5, 0.6) is 0 Å². The van der Waals surface area contributed by atoms with Gasteiger partial charge in [0.25, 0.3) is 0 Å². The molecule has 0 N–H and O–H groups in total. The Morgan fingerprint density at radius 2 is 2.30 bits per heavy atom. The van der Waals surface area contributed by atoms with Gasteiger partial charge in [-0.05, 0) is 25.7 Å². The van der Waals surface area contributed by atoms with E-state index in [4.69, 9.17) is 4.52 Å². The number of hydrogen-bond donors (Lipinski definition) is 0. The van der Waals surface area contributed by atoms with Gasteiger partial charge in [0.05, 0.1) is 5.92 Å². The monoisotopic (exact) mass is 279 g/mol. The molecule has 1 fully saturated rings. The largest absolute Gasteiger partial charge is 0.342 e. The first-order valence-corrected chi connectivity index (χ1v) is 7.76. The van der Waals surface area contributed by atoms with Crippen molar-refractivity contribution in [2.45, 2.75) is 64.7 Å². The molecule has 2 atom stereocenters. The van der Waals surface area contributed by atoms with E-state index >= 15 is 0 Å². The van der Waals surface area contributed by atoms with Gasteiger partial charge in [-0.15, -0.1) is 0 Å². The van der Waals surface area contributed by atoms with E-state index in [1.165, 1.54) is 0 Å². The Bertz CT molecular complexity index is 444. The summed E-state index contributed by atoms with van der Waals surface area (Å²) in [6, 6.07) is 0. The Kier molecular flexibility index (Phi) is 5.15. The van der Waals surface area contributed by atoms with Crippen LogP contribution in [0.1, 0.15) is 76.4 Å².